The van der Waals surface area contributed by atoms with Crippen molar-refractivity contribution < 1.29 is 0 Å². The molecule has 0 radical (unpaired) electrons. The van der Waals surface area contributed by atoms with Crippen molar-refractivity contribution in [3.8, 4) is 0 Å². The number of hydrogen-bond donors (Lipinski definition) is 0. The molecule has 23 heavy (non-hydrogen) atoms. The minimum atomic E-state index is 0.700. The second-order valence-electron chi connectivity index (χ2n) is 7.07. The normalized spacial score (nSPS) is 25.4. The third-order valence-electron chi connectivity index (χ3n) is 5.26. The van der Waals surface area contributed by atoms with Crippen LogP contribution in [0.2, 0.25) is 0 Å². The standard InChI is InChI=1S/C20H25N3/c1-2-5-17(6-3-1)14-23-15-19-8-9-20(23)16-22(13-19)12-18-7-4-10-21-11-18/h1-7,10-11,19-20H,8-9,12-16H2/t19-,20+/m0/s1. The Morgan fingerprint density at radius 2 is 1.74 bits per heavy atom. The van der Waals surface area contributed by atoms with Gasteiger partial charge >= 0.3 is 0 Å². The van der Waals surface area contributed by atoms with Crippen LogP contribution in [0.3, 0.4) is 0 Å². The highest BCUT2D eigenvalue weighted by molar-refractivity contribution is 5.15. The molecule has 3 nitrogen and oxygen atoms in total. The van der Waals surface area contributed by atoms with Gasteiger partial charge in [-0.25, -0.2) is 0 Å². The molecule has 3 saturated heterocycles. The average Bonchev–Trinajstić information content (AvgIpc) is 2.87. The Bertz CT molecular complexity index is 611. The highest BCUT2D eigenvalue weighted by Crippen LogP contribution is 2.29. The molecular formula is C20H25N3. The van der Waals surface area contributed by atoms with Crippen LogP contribution in [-0.2, 0) is 13.1 Å². The van der Waals surface area contributed by atoms with Gasteiger partial charge in [0.1, 0.15) is 0 Å². The average molecular weight is 307 g/mol. The maximum atomic E-state index is 4.26. The van der Waals surface area contributed by atoms with E-state index in [2.05, 4.69) is 51.2 Å². The lowest BCUT2D eigenvalue weighted by atomic mass is 9.94. The maximum absolute atomic E-state index is 4.26. The highest BCUT2D eigenvalue weighted by Gasteiger charge is 2.34. The molecule has 3 aliphatic rings. The minimum absolute atomic E-state index is 0.700. The summed E-state index contributed by atoms with van der Waals surface area (Å²) in [6, 6.07) is 15.9. The van der Waals surface area contributed by atoms with E-state index in [9.17, 15) is 0 Å². The Balaban J connectivity index is 1.44. The molecule has 3 heteroatoms. The van der Waals surface area contributed by atoms with E-state index in [-0.39, 0.29) is 0 Å². The predicted octanol–water partition coefficient (Wildman–Crippen LogP) is 3.18. The summed E-state index contributed by atoms with van der Waals surface area (Å²) < 4.78 is 0. The lowest BCUT2D eigenvalue weighted by molar-refractivity contribution is 0.123. The van der Waals surface area contributed by atoms with Gasteiger partial charge in [-0.2, -0.15) is 0 Å². The van der Waals surface area contributed by atoms with Gasteiger partial charge in [-0.1, -0.05) is 36.4 Å². The number of nitrogens with zero attached hydrogens (tertiary/aromatic N) is 3. The smallest absolute Gasteiger partial charge is 0.0312 e. The molecule has 0 spiro atoms. The molecule has 0 unspecified atom stereocenters. The summed E-state index contributed by atoms with van der Waals surface area (Å²) in [4.78, 5) is 9.62. The van der Waals surface area contributed by atoms with Crippen LogP contribution in [0, 0.1) is 5.92 Å². The molecule has 2 atom stereocenters. The molecule has 0 saturated carbocycles. The Morgan fingerprint density at radius 3 is 2.57 bits per heavy atom. The fourth-order valence-electron chi connectivity index (χ4n) is 4.17. The molecule has 0 amide bonds. The molecule has 3 aliphatic heterocycles. The number of pyridine rings is 1. The first-order valence-corrected chi connectivity index (χ1v) is 8.76. The first kappa shape index (κ1) is 14.9. The molecule has 2 aromatic rings. The van der Waals surface area contributed by atoms with E-state index in [0.717, 1.165) is 19.0 Å². The zero-order valence-electron chi connectivity index (χ0n) is 13.6. The van der Waals surface area contributed by atoms with Crippen molar-refractivity contribution in [1.82, 2.24) is 14.8 Å². The van der Waals surface area contributed by atoms with Crippen LogP contribution < -0.4 is 0 Å². The van der Waals surface area contributed by atoms with Crippen LogP contribution in [0.1, 0.15) is 24.0 Å². The van der Waals surface area contributed by atoms with Crippen LogP contribution >= 0.6 is 0 Å². The first-order valence-electron chi connectivity index (χ1n) is 8.76. The van der Waals surface area contributed by atoms with Gasteiger partial charge in [-0.15, -0.1) is 0 Å². The molecule has 3 fully saturated rings. The Kier molecular flexibility index (Phi) is 4.40. The van der Waals surface area contributed by atoms with Gasteiger partial charge in [0.2, 0.25) is 0 Å². The van der Waals surface area contributed by atoms with Crippen molar-refractivity contribution in [3.05, 3.63) is 66.0 Å². The quantitative estimate of drug-likeness (QED) is 0.865. The summed E-state index contributed by atoms with van der Waals surface area (Å²) in [6.07, 6.45) is 6.60. The van der Waals surface area contributed by atoms with Crippen LogP contribution in [0.15, 0.2) is 54.9 Å². The zero-order chi connectivity index (χ0) is 15.5. The molecule has 120 valence electrons. The van der Waals surface area contributed by atoms with Crippen LogP contribution in [-0.4, -0.2) is 40.5 Å². The maximum Gasteiger partial charge on any atom is 0.0312 e. The van der Waals surface area contributed by atoms with Crippen molar-refractivity contribution in [2.24, 2.45) is 5.92 Å². The lowest BCUT2D eigenvalue weighted by Crippen LogP contribution is -2.43. The first-order chi connectivity index (χ1) is 11.4. The molecule has 1 aromatic carbocycles. The van der Waals surface area contributed by atoms with Crippen molar-refractivity contribution in [1.29, 1.82) is 0 Å². The molecule has 0 aliphatic carbocycles. The van der Waals surface area contributed by atoms with E-state index in [4.69, 9.17) is 0 Å². The van der Waals surface area contributed by atoms with Crippen LogP contribution in [0.4, 0.5) is 0 Å². The summed E-state index contributed by atoms with van der Waals surface area (Å²) in [5.41, 5.74) is 2.78. The Hall–Kier alpha value is -1.71. The second-order valence-corrected chi connectivity index (χ2v) is 7.07. The van der Waals surface area contributed by atoms with Crippen molar-refractivity contribution in [2.75, 3.05) is 19.6 Å². The van der Waals surface area contributed by atoms with E-state index < -0.39 is 0 Å². The van der Waals surface area contributed by atoms with Gasteiger partial charge in [-0.05, 0) is 36.0 Å². The summed E-state index contributed by atoms with van der Waals surface area (Å²) >= 11 is 0. The third-order valence-corrected chi connectivity index (χ3v) is 5.26. The largest absolute Gasteiger partial charge is 0.297 e. The second kappa shape index (κ2) is 6.81. The summed E-state index contributed by atoms with van der Waals surface area (Å²) in [6.45, 7) is 5.82. The molecule has 5 rings (SSSR count). The van der Waals surface area contributed by atoms with Gasteiger partial charge in [0, 0.05) is 51.2 Å². The Morgan fingerprint density at radius 1 is 0.870 bits per heavy atom. The van der Waals surface area contributed by atoms with E-state index in [1.807, 2.05) is 18.5 Å². The third kappa shape index (κ3) is 3.62. The highest BCUT2D eigenvalue weighted by atomic mass is 15.3. The van der Waals surface area contributed by atoms with Crippen molar-refractivity contribution in [3.63, 3.8) is 0 Å². The van der Waals surface area contributed by atoms with Crippen molar-refractivity contribution >= 4 is 0 Å². The fraction of sp³-hybridized carbons (Fsp3) is 0.450. The summed E-state index contributed by atoms with van der Waals surface area (Å²) in [7, 11) is 0. The van der Waals surface area contributed by atoms with Crippen LogP contribution in [0.25, 0.3) is 0 Å². The van der Waals surface area contributed by atoms with Gasteiger partial charge in [0.15, 0.2) is 0 Å². The zero-order valence-corrected chi connectivity index (χ0v) is 13.6. The number of fused-ring (bicyclic) bond motifs is 4. The minimum Gasteiger partial charge on any atom is -0.297 e. The van der Waals surface area contributed by atoms with E-state index in [1.54, 1.807) is 0 Å². The van der Waals surface area contributed by atoms with Gasteiger partial charge in [-0.3, -0.25) is 14.8 Å². The molecule has 2 bridgehead atoms. The molecule has 1 aromatic heterocycles. The number of piperidine rings is 1. The number of aromatic nitrogens is 1. The number of hydrogen-bond acceptors (Lipinski definition) is 3. The SMILES string of the molecule is c1ccc(CN2C[C@H]3CC[C@@H]2CN(Cc2cccnc2)C3)cc1. The predicted molar refractivity (Wildman–Crippen MR) is 92.9 cm³/mol. The number of benzene rings is 1. The topological polar surface area (TPSA) is 19.4 Å². The monoisotopic (exact) mass is 307 g/mol. The molecular weight excluding hydrogens is 282 g/mol. The molecule has 4 heterocycles. The number of rotatable bonds is 4. The van der Waals surface area contributed by atoms with Gasteiger partial charge < -0.3 is 0 Å². The lowest BCUT2D eigenvalue weighted by Gasteiger charge is -2.36. The summed E-state index contributed by atoms with van der Waals surface area (Å²) in [5.74, 6) is 0.814. The summed E-state index contributed by atoms with van der Waals surface area (Å²) in [5, 5.41) is 0. The van der Waals surface area contributed by atoms with E-state index in [0.29, 0.717) is 6.04 Å². The van der Waals surface area contributed by atoms with Crippen molar-refractivity contribution in [2.45, 2.75) is 32.0 Å². The van der Waals surface area contributed by atoms with Gasteiger partial charge in [0.05, 0.1) is 0 Å². The van der Waals surface area contributed by atoms with E-state index >= 15 is 0 Å². The van der Waals surface area contributed by atoms with Gasteiger partial charge in [0.25, 0.3) is 0 Å². The van der Waals surface area contributed by atoms with E-state index in [1.165, 1.54) is 43.6 Å². The molecule has 0 N–H and O–H groups in total. The Labute approximate surface area is 139 Å². The van der Waals surface area contributed by atoms with Crippen LogP contribution in [0.5, 0.6) is 0 Å². The fourth-order valence-corrected chi connectivity index (χ4v) is 4.17.